The van der Waals surface area contributed by atoms with Crippen molar-refractivity contribution in [3.05, 3.63) is 24.3 Å². The monoisotopic (exact) mass is 837 g/mol. The lowest BCUT2D eigenvalue weighted by molar-refractivity contribution is -0.870. The Hall–Kier alpha value is -2.23. The Morgan fingerprint density at radius 2 is 0.915 bits per heavy atom. The summed E-state index contributed by atoms with van der Waals surface area (Å²) in [5.74, 6) is -2.00. The number of allylic oxidation sites excluding steroid dienone is 4. The summed E-state index contributed by atoms with van der Waals surface area (Å²) in [5, 5.41) is 9.65. The minimum absolute atomic E-state index is 0.181. The average molecular weight is 837 g/mol. The Morgan fingerprint density at radius 3 is 1.37 bits per heavy atom. The summed E-state index contributed by atoms with van der Waals surface area (Å²) in [6, 6.07) is 0. The van der Waals surface area contributed by atoms with Crippen LogP contribution >= 0.6 is 0 Å². The summed E-state index contributed by atoms with van der Waals surface area (Å²) in [4.78, 5) is 37.2. The molecule has 0 spiro atoms. The van der Waals surface area contributed by atoms with Crippen molar-refractivity contribution in [2.24, 2.45) is 0 Å². The zero-order chi connectivity index (χ0) is 43.5. The molecule has 1 N–H and O–H groups in total. The van der Waals surface area contributed by atoms with E-state index < -0.39 is 24.3 Å². The van der Waals surface area contributed by atoms with Crippen molar-refractivity contribution in [3.8, 4) is 0 Å². The number of aliphatic carboxylic acids is 1. The number of likely N-dealkylation sites (N-methyl/N-ethyl adjacent to an activating group) is 1. The van der Waals surface area contributed by atoms with Gasteiger partial charge < -0.3 is 28.5 Å². The quantitative estimate of drug-likeness (QED) is 0.0212. The molecule has 0 aliphatic carbocycles. The fraction of sp³-hybridized carbons (Fsp3) is 0.860. The van der Waals surface area contributed by atoms with E-state index in [2.05, 4.69) is 38.2 Å². The molecule has 346 valence electrons. The van der Waals surface area contributed by atoms with Gasteiger partial charge in [0.25, 0.3) is 6.29 Å². The molecular weight excluding hydrogens is 743 g/mol. The van der Waals surface area contributed by atoms with Crippen LogP contribution in [-0.4, -0.2) is 87.4 Å². The fourth-order valence-electron chi connectivity index (χ4n) is 6.87. The lowest BCUT2D eigenvalue weighted by Crippen LogP contribution is -2.40. The molecular formula is C50H94NO8+. The van der Waals surface area contributed by atoms with Gasteiger partial charge in [-0.1, -0.05) is 186 Å². The minimum atomic E-state index is -1.51. The predicted molar refractivity (Wildman–Crippen MR) is 244 cm³/mol. The third-order valence-electron chi connectivity index (χ3n) is 10.7. The zero-order valence-electron chi connectivity index (χ0n) is 39.2. The highest BCUT2D eigenvalue weighted by atomic mass is 16.7. The lowest BCUT2D eigenvalue weighted by Gasteiger charge is -2.25. The molecule has 0 bridgehead atoms. The van der Waals surface area contributed by atoms with Gasteiger partial charge >= 0.3 is 17.9 Å². The highest BCUT2D eigenvalue weighted by molar-refractivity contribution is 5.71. The molecule has 0 rings (SSSR count). The molecule has 9 heteroatoms. The van der Waals surface area contributed by atoms with Gasteiger partial charge in [-0.15, -0.1) is 0 Å². The number of unbranched alkanes of at least 4 members (excludes halogenated alkanes) is 26. The van der Waals surface area contributed by atoms with Crippen LogP contribution in [0.1, 0.15) is 219 Å². The average Bonchev–Trinajstić information content (AvgIpc) is 3.19. The topological polar surface area (TPSA) is 108 Å². The molecule has 0 saturated carbocycles. The van der Waals surface area contributed by atoms with E-state index >= 15 is 0 Å². The van der Waals surface area contributed by atoms with E-state index in [9.17, 15) is 19.5 Å². The normalized spacial score (nSPS) is 13.0. The highest BCUT2D eigenvalue weighted by Crippen LogP contribution is 2.16. The minimum Gasteiger partial charge on any atom is -0.477 e. The van der Waals surface area contributed by atoms with Gasteiger partial charge in [-0.05, 0) is 44.9 Å². The van der Waals surface area contributed by atoms with E-state index in [-0.39, 0.29) is 32.2 Å². The maximum Gasteiger partial charge on any atom is 0.361 e. The van der Waals surface area contributed by atoms with Gasteiger partial charge in [0.15, 0.2) is 6.10 Å². The first-order valence-corrected chi connectivity index (χ1v) is 24.5. The van der Waals surface area contributed by atoms with Crippen molar-refractivity contribution in [1.29, 1.82) is 0 Å². The summed E-state index contributed by atoms with van der Waals surface area (Å²) in [7, 11) is 5.96. The van der Waals surface area contributed by atoms with Crippen LogP contribution in [0.2, 0.25) is 0 Å². The molecule has 0 heterocycles. The number of carboxylic acids is 1. The Balaban J connectivity index is 4.37. The van der Waals surface area contributed by atoms with Gasteiger partial charge in [0.05, 0.1) is 34.4 Å². The number of carbonyl (C=O) groups is 3. The van der Waals surface area contributed by atoms with E-state index in [1.165, 1.54) is 135 Å². The number of rotatable bonds is 45. The second-order valence-corrected chi connectivity index (χ2v) is 17.8. The van der Waals surface area contributed by atoms with Crippen molar-refractivity contribution < 1.29 is 42.9 Å². The Kier molecular flexibility index (Phi) is 40.9. The molecule has 0 aromatic heterocycles. The summed E-state index contributed by atoms with van der Waals surface area (Å²) >= 11 is 0. The van der Waals surface area contributed by atoms with Crippen LogP contribution in [0.5, 0.6) is 0 Å². The molecule has 0 aliphatic heterocycles. The largest absolute Gasteiger partial charge is 0.477 e. The van der Waals surface area contributed by atoms with Gasteiger partial charge in [0.1, 0.15) is 13.2 Å². The third kappa shape index (κ3) is 43.7. The van der Waals surface area contributed by atoms with Crippen LogP contribution in [0.3, 0.4) is 0 Å². The third-order valence-corrected chi connectivity index (χ3v) is 10.7. The first-order valence-electron chi connectivity index (χ1n) is 24.5. The second-order valence-electron chi connectivity index (χ2n) is 17.8. The zero-order valence-corrected chi connectivity index (χ0v) is 39.2. The summed E-state index contributed by atoms with van der Waals surface area (Å²) < 4.78 is 22.8. The molecule has 0 radical (unpaired) electrons. The summed E-state index contributed by atoms with van der Waals surface area (Å²) in [6.45, 7) is 4.86. The van der Waals surface area contributed by atoms with Crippen LogP contribution in [0, 0.1) is 0 Å². The van der Waals surface area contributed by atoms with E-state index in [4.69, 9.17) is 18.9 Å². The number of esters is 2. The number of carbonyl (C=O) groups excluding carboxylic acids is 2. The number of hydrogen-bond donors (Lipinski definition) is 1. The van der Waals surface area contributed by atoms with E-state index in [0.717, 1.165) is 51.4 Å². The fourth-order valence-corrected chi connectivity index (χ4v) is 6.87. The SMILES string of the molecule is CCCCC/C=C\C/C=C\CCCCCCCCCC(=O)OC(COC(=O)CCCCCCCCCCCCCCCCCCC)COC(OCC[N+](C)(C)C)C(=O)O. The van der Waals surface area contributed by atoms with Gasteiger partial charge in [0, 0.05) is 12.8 Å². The first kappa shape index (κ1) is 56.8. The number of quaternary nitrogens is 1. The Morgan fingerprint density at radius 1 is 0.508 bits per heavy atom. The van der Waals surface area contributed by atoms with Crippen LogP contribution in [0.25, 0.3) is 0 Å². The van der Waals surface area contributed by atoms with Crippen LogP contribution in [0.15, 0.2) is 24.3 Å². The first-order chi connectivity index (χ1) is 28.6. The molecule has 9 nitrogen and oxygen atoms in total. The van der Waals surface area contributed by atoms with Crippen molar-refractivity contribution >= 4 is 17.9 Å². The number of ether oxygens (including phenoxy) is 4. The van der Waals surface area contributed by atoms with Crippen LogP contribution in [0.4, 0.5) is 0 Å². The predicted octanol–water partition coefficient (Wildman–Crippen LogP) is 13.2. The summed E-state index contributed by atoms with van der Waals surface area (Å²) in [6.07, 6.45) is 43.7. The van der Waals surface area contributed by atoms with E-state index in [0.29, 0.717) is 23.9 Å². The van der Waals surface area contributed by atoms with Crippen LogP contribution in [-0.2, 0) is 33.3 Å². The lowest BCUT2D eigenvalue weighted by atomic mass is 10.0. The number of carboxylic acid groups (broad SMARTS) is 1. The maximum atomic E-state index is 12.8. The van der Waals surface area contributed by atoms with Crippen molar-refractivity contribution in [2.45, 2.75) is 232 Å². The Bertz CT molecular complexity index is 1020. The highest BCUT2D eigenvalue weighted by Gasteiger charge is 2.25. The molecule has 59 heavy (non-hydrogen) atoms. The second kappa shape index (κ2) is 42.5. The van der Waals surface area contributed by atoms with Crippen molar-refractivity contribution in [3.63, 3.8) is 0 Å². The summed E-state index contributed by atoms with van der Waals surface area (Å²) in [5.41, 5.74) is 0. The molecule has 2 atom stereocenters. The van der Waals surface area contributed by atoms with E-state index in [1.54, 1.807) is 0 Å². The van der Waals surface area contributed by atoms with Gasteiger partial charge in [0.2, 0.25) is 0 Å². The molecule has 0 fully saturated rings. The number of nitrogens with zero attached hydrogens (tertiary/aromatic N) is 1. The van der Waals surface area contributed by atoms with Crippen molar-refractivity contribution in [1.82, 2.24) is 0 Å². The van der Waals surface area contributed by atoms with E-state index in [1.807, 2.05) is 21.1 Å². The van der Waals surface area contributed by atoms with Crippen LogP contribution < -0.4 is 0 Å². The molecule has 0 aromatic rings. The molecule has 0 amide bonds. The maximum absolute atomic E-state index is 12.8. The molecule has 0 aromatic carbocycles. The van der Waals surface area contributed by atoms with Gasteiger partial charge in [-0.3, -0.25) is 9.59 Å². The molecule has 2 unspecified atom stereocenters. The van der Waals surface area contributed by atoms with Gasteiger partial charge in [-0.25, -0.2) is 4.79 Å². The van der Waals surface area contributed by atoms with Crippen molar-refractivity contribution in [2.75, 3.05) is 47.5 Å². The number of hydrogen-bond acceptors (Lipinski definition) is 7. The smallest absolute Gasteiger partial charge is 0.361 e. The Labute approximate surface area is 363 Å². The van der Waals surface area contributed by atoms with Gasteiger partial charge in [-0.2, -0.15) is 0 Å². The molecule has 0 aliphatic rings. The standard InChI is InChI=1S/C50H93NO8/c1-6-8-10-12-14-16-18-20-22-24-26-28-30-32-34-36-38-40-47(52)57-44-46(45-58-50(49(54)55)56-43-42-51(3,4)5)59-48(53)41-39-37-35-33-31-29-27-25-23-21-19-17-15-13-11-9-7-2/h15,17,21,23,46,50H,6-14,16,18-20,22,24-45H2,1-5H3/p+1/b17-15-,23-21-. The molecule has 0 saturated heterocycles.